The molecule has 6 nitrogen and oxygen atoms in total. The highest BCUT2D eigenvalue weighted by Crippen LogP contribution is 2.22. The maximum atomic E-state index is 12.0. The third kappa shape index (κ3) is 3.49. The number of hydrogen-bond acceptors (Lipinski definition) is 5. The molecule has 1 aromatic carbocycles. The molecule has 1 aliphatic rings. The van der Waals surface area contributed by atoms with Crippen LogP contribution in [0.15, 0.2) is 24.3 Å². The van der Waals surface area contributed by atoms with Crippen LogP contribution in [0.4, 0.5) is 4.79 Å². The summed E-state index contributed by atoms with van der Waals surface area (Å²) in [4.78, 5) is 40.2. The lowest BCUT2D eigenvalue weighted by molar-refractivity contribution is -0.0731. The number of benzene rings is 1. The zero-order valence-electron chi connectivity index (χ0n) is 12.2. The Labute approximate surface area is 123 Å². The first kappa shape index (κ1) is 15.2. The molecule has 0 saturated carbocycles. The summed E-state index contributed by atoms with van der Waals surface area (Å²) in [5, 5.41) is 0.446. The van der Waals surface area contributed by atoms with Crippen LogP contribution in [0.2, 0.25) is 25.7 Å². The van der Waals surface area contributed by atoms with Crippen molar-refractivity contribution >= 4 is 26.0 Å². The van der Waals surface area contributed by atoms with Crippen LogP contribution in [-0.2, 0) is 9.57 Å². The van der Waals surface area contributed by atoms with Crippen molar-refractivity contribution in [1.29, 1.82) is 0 Å². The van der Waals surface area contributed by atoms with Gasteiger partial charge in [0.05, 0.1) is 17.7 Å². The van der Waals surface area contributed by atoms with Crippen LogP contribution in [0.1, 0.15) is 20.7 Å². The van der Waals surface area contributed by atoms with Crippen LogP contribution in [0.25, 0.3) is 0 Å². The fraction of sp³-hybridized carbons (Fsp3) is 0.357. The van der Waals surface area contributed by atoms with Crippen molar-refractivity contribution in [1.82, 2.24) is 5.06 Å². The molecule has 7 heteroatoms. The second kappa shape index (κ2) is 5.69. The SMILES string of the molecule is C[Si](C)(C)CCOC(=O)ON1C(=O)c2ccccc2C1=O. The van der Waals surface area contributed by atoms with Crippen molar-refractivity contribution in [3.8, 4) is 0 Å². The minimum Gasteiger partial charge on any atom is -0.433 e. The average molecular weight is 307 g/mol. The quantitative estimate of drug-likeness (QED) is 0.486. The number of rotatable bonds is 4. The Kier molecular flexibility index (Phi) is 4.13. The summed E-state index contributed by atoms with van der Waals surface area (Å²) in [6.45, 7) is 6.65. The Morgan fingerprint density at radius 1 is 1.10 bits per heavy atom. The molecular weight excluding hydrogens is 290 g/mol. The standard InChI is InChI=1S/C14H17NO5Si/c1-21(2,3)9-8-19-14(18)20-15-12(16)10-6-4-5-7-11(10)13(15)17/h4-7H,8-9H2,1-3H3. The van der Waals surface area contributed by atoms with Gasteiger partial charge in [0.15, 0.2) is 0 Å². The van der Waals surface area contributed by atoms with E-state index in [9.17, 15) is 14.4 Å². The summed E-state index contributed by atoms with van der Waals surface area (Å²) in [7, 11) is -1.33. The Morgan fingerprint density at radius 3 is 2.10 bits per heavy atom. The van der Waals surface area contributed by atoms with Crippen LogP contribution in [-0.4, -0.2) is 37.7 Å². The first-order chi connectivity index (χ1) is 9.79. The zero-order valence-corrected chi connectivity index (χ0v) is 13.2. The first-order valence-electron chi connectivity index (χ1n) is 6.62. The van der Waals surface area contributed by atoms with Crippen LogP contribution in [0.5, 0.6) is 0 Å². The second-order valence-corrected chi connectivity index (χ2v) is 11.6. The van der Waals surface area contributed by atoms with E-state index in [2.05, 4.69) is 19.6 Å². The molecule has 0 spiro atoms. The maximum Gasteiger partial charge on any atom is 0.533 e. The van der Waals surface area contributed by atoms with Crippen LogP contribution in [0.3, 0.4) is 0 Å². The maximum absolute atomic E-state index is 12.0. The number of amides is 2. The van der Waals surface area contributed by atoms with E-state index in [0.29, 0.717) is 5.06 Å². The molecule has 0 N–H and O–H groups in total. The first-order valence-corrected chi connectivity index (χ1v) is 10.3. The minimum absolute atomic E-state index is 0.220. The zero-order chi connectivity index (χ0) is 15.6. The van der Waals surface area contributed by atoms with Gasteiger partial charge in [0.25, 0.3) is 11.8 Å². The molecule has 2 rings (SSSR count). The van der Waals surface area contributed by atoms with E-state index < -0.39 is 26.0 Å². The van der Waals surface area contributed by atoms with E-state index >= 15 is 0 Å². The van der Waals surface area contributed by atoms with Crippen LogP contribution in [0, 0.1) is 0 Å². The average Bonchev–Trinajstić information content (AvgIpc) is 2.63. The predicted octanol–water partition coefficient (Wildman–Crippen LogP) is 2.69. The summed E-state index contributed by atoms with van der Waals surface area (Å²) in [5.74, 6) is -1.31. The highest BCUT2D eigenvalue weighted by Gasteiger charge is 2.39. The molecule has 0 radical (unpaired) electrons. The van der Waals surface area contributed by atoms with E-state index in [1.54, 1.807) is 12.1 Å². The van der Waals surface area contributed by atoms with Gasteiger partial charge < -0.3 is 4.74 Å². The van der Waals surface area contributed by atoms with Gasteiger partial charge >= 0.3 is 6.16 Å². The summed E-state index contributed by atoms with van der Waals surface area (Å²) < 4.78 is 4.90. The van der Waals surface area contributed by atoms with Gasteiger partial charge in [-0.05, 0) is 18.2 Å². The molecule has 0 bridgehead atoms. The minimum atomic E-state index is -1.33. The number of ether oxygens (including phenoxy) is 1. The van der Waals surface area contributed by atoms with Gasteiger partial charge in [0.1, 0.15) is 0 Å². The Hall–Kier alpha value is -2.15. The fourth-order valence-electron chi connectivity index (χ4n) is 1.79. The molecule has 1 heterocycles. The summed E-state index contributed by atoms with van der Waals surface area (Å²) >= 11 is 0. The number of imide groups is 1. The molecule has 112 valence electrons. The third-order valence-electron chi connectivity index (χ3n) is 2.99. The lowest BCUT2D eigenvalue weighted by atomic mass is 10.1. The largest absolute Gasteiger partial charge is 0.533 e. The molecule has 0 aliphatic carbocycles. The van der Waals surface area contributed by atoms with Crippen molar-refractivity contribution in [3.63, 3.8) is 0 Å². The number of hydrogen-bond donors (Lipinski definition) is 0. The molecule has 1 aromatic rings. The summed E-state index contributed by atoms with van der Waals surface area (Å²) in [6, 6.07) is 7.08. The molecule has 2 amide bonds. The van der Waals surface area contributed by atoms with Crippen LogP contribution < -0.4 is 0 Å². The van der Waals surface area contributed by atoms with Gasteiger partial charge in [-0.3, -0.25) is 14.4 Å². The van der Waals surface area contributed by atoms with E-state index in [1.807, 2.05) is 0 Å². The van der Waals surface area contributed by atoms with Crippen LogP contribution >= 0.6 is 0 Å². The van der Waals surface area contributed by atoms with Gasteiger partial charge in [-0.25, -0.2) is 4.79 Å². The van der Waals surface area contributed by atoms with Crippen molar-refractivity contribution in [2.75, 3.05) is 6.61 Å². The Bertz CT molecular complexity index is 558. The lowest BCUT2D eigenvalue weighted by Crippen LogP contribution is -2.33. The smallest absolute Gasteiger partial charge is 0.433 e. The molecule has 0 fully saturated rings. The monoisotopic (exact) mass is 307 g/mol. The predicted molar refractivity (Wildman–Crippen MR) is 77.5 cm³/mol. The van der Waals surface area contributed by atoms with Crippen molar-refractivity contribution in [2.24, 2.45) is 0 Å². The number of carbonyl (C=O) groups excluding carboxylic acids is 3. The normalized spacial score (nSPS) is 14.1. The third-order valence-corrected chi connectivity index (χ3v) is 4.70. The van der Waals surface area contributed by atoms with Gasteiger partial charge in [-0.2, -0.15) is 0 Å². The van der Waals surface area contributed by atoms with E-state index in [4.69, 9.17) is 9.57 Å². The molecule has 1 aliphatic heterocycles. The molecule has 0 saturated heterocycles. The molecule has 0 atom stereocenters. The number of nitrogens with zero attached hydrogens (tertiary/aromatic N) is 1. The fourth-order valence-corrected chi connectivity index (χ4v) is 2.51. The molecule has 21 heavy (non-hydrogen) atoms. The highest BCUT2D eigenvalue weighted by molar-refractivity contribution is 6.76. The van der Waals surface area contributed by atoms with E-state index in [1.165, 1.54) is 12.1 Å². The van der Waals surface area contributed by atoms with Crippen molar-refractivity contribution in [3.05, 3.63) is 35.4 Å². The summed E-state index contributed by atoms with van der Waals surface area (Å²) in [6.07, 6.45) is -1.04. The molecule has 0 unspecified atom stereocenters. The molecular formula is C14H17NO5Si. The summed E-state index contributed by atoms with van der Waals surface area (Å²) in [5.41, 5.74) is 0.440. The number of carbonyl (C=O) groups is 3. The Morgan fingerprint density at radius 2 is 1.62 bits per heavy atom. The van der Waals surface area contributed by atoms with E-state index in [-0.39, 0.29) is 17.7 Å². The Balaban J connectivity index is 1.94. The van der Waals surface area contributed by atoms with E-state index in [0.717, 1.165) is 6.04 Å². The van der Waals surface area contributed by atoms with Gasteiger partial charge in [-0.1, -0.05) is 36.8 Å². The lowest BCUT2D eigenvalue weighted by Gasteiger charge is -2.16. The van der Waals surface area contributed by atoms with Gasteiger partial charge in [0.2, 0.25) is 0 Å². The second-order valence-electron chi connectivity index (χ2n) is 5.95. The van der Waals surface area contributed by atoms with Gasteiger partial charge in [-0.15, -0.1) is 0 Å². The van der Waals surface area contributed by atoms with Gasteiger partial charge in [0, 0.05) is 8.07 Å². The number of hydroxylamine groups is 2. The van der Waals surface area contributed by atoms with Crippen molar-refractivity contribution in [2.45, 2.75) is 25.7 Å². The molecule has 0 aromatic heterocycles. The topological polar surface area (TPSA) is 72.9 Å². The van der Waals surface area contributed by atoms with Crippen molar-refractivity contribution < 1.29 is 24.0 Å². The number of fused-ring (bicyclic) bond motifs is 1. The highest BCUT2D eigenvalue weighted by atomic mass is 28.3.